The van der Waals surface area contributed by atoms with Gasteiger partial charge in [-0.15, -0.1) is 0 Å². The zero-order valence-corrected chi connectivity index (χ0v) is 15.2. The number of anilines is 2. The summed E-state index contributed by atoms with van der Waals surface area (Å²) in [5, 5.41) is 8.31. The summed E-state index contributed by atoms with van der Waals surface area (Å²) in [4.78, 5) is 25.4. The Bertz CT molecular complexity index is 574. The van der Waals surface area contributed by atoms with Crippen molar-refractivity contribution in [3.05, 3.63) is 24.3 Å². The predicted octanol–water partition coefficient (Wildman–Crippen LogP) is 2.12. The van der Waals surface area contributed by atoms with Gasteiger partial charge in [0, 0.05) is 44.5 Å². The van der Waals surface area contributed by atoms with Crippen molar-refractivity contribution >= 4 is 23.3 Å². The highest BCUT2D eigenvalue weighted by molar-refractivity contribution is 5.91. The molecular weight excluding hydrogens is 320 g/mol. The normalized spacial score (nSPS) is 18.0. The van der Waals surface area contributed by atoms with Gasteiger partial charge in [0.1, 0.15) is 0 Å². The van der Waals surface area contributed by atoms with Crippen LogP contribution in [0, 0.1) is 5.92 Å². The molecule has 3 amide bonds. The predicted molar refractivity (Wildman–Crippen MR) is 98.8 cm³/mol. The number of benzene rings is 1. The Morgan fingerprint density at radius 1 is 1.20 bits per heavy atom. The van der Waals surface area contributed by atoms with E-state index >= 15 is 0 Å². The molecule has 1 unspecified atom stereocenters. The summed E-state index contributed by atoms with van der Waals surface area (Å²) in [6.07, 6.45) is 0.0143. The molecule has 3 N–H and O–H groups in total. The molecule has 1 aliphatic heterocycles. The summed E-state index contributed by atoms with van der Waals surface area (Å²) < 4.78 is 5.72. The van der Waals surface area contributed by atoms with Crippen molar-refractivity contribution in [2.24, 2.45) is 5.92 Å². The number of nitrogens with zero attached hydrogens (tertiary/aromatic N) is 1. The number of morpholine rings is 1. The summed E-state index contributed by atoms with van der Waals surface area (Å²) >= 11 is 0. The van der Waals surface area contributed by atoms with Crippen LogP contribution in [-0.4, -0.2) is 55.7 Å². The van der Waals surface area contributed by atoms with E-state index < -0.39 is 0 Å². The molecule has 0 spiro atoms. The Morgan fingerprint density at radius 2 is 1.84 bits per heavy atom. The number of amides is 3. The number of urea groups is 1. The molecule has 1 atom stereocenters. The van der Waals surface area contributed by atoms with Gasteiger partial charge in [-0.05, 0) is 30.2 Å². The van der Waals surface area contributed by atoms with Crippen LogP contribution in [0.25, 0.3) is 0 Å². The van der Waals surface area contributed by atoms with E-state index in [4.69, 9.17) is 4.74 Å². The number of nitrogens with one attached hydrogen (secondary N) is 3. The fourth-order valence-corrected chi connectivity index (χ4v) is 2.81. The van der Waals surface area contributed by atoms with Crippen molar-refractivity contribution in [3.63, 3.8) is 0 Å². The minimum atomic E-state index is -0.267. The van der Waals surface area contributed by atoms with E-state index in [-0.39, 0.29) is 18.0 Å². The van der Waals surface area contributed by atoms with E-state index in [9.17, 15) is 9.59 Å². The standard InChI is InChI=1S/C18H28N4O3/c1-13(2)11-22-8-9-25-17(12-22)10-19-18(24)21-16-6-4-15(5-7-16)20-14(3)23/h4-7,13,17H,8-12H2,1-3H3,(H,20,23)(H2,19,21,24). The Morgan fingerprint density at radius 3 is 2.44 bits per heavy atom. The van der Waals surface area contributed by atoms with Crippen molar-refractivity contribution in [1.82, 2.24) is 10.2 Å². The second-order valence-electron chi connectivity index (χ2n) is 6.74. The topological polar surface area (TPSA) is 82.7 Å². The fourth-order valence-electron chi connectivity index (χ4n) is 2.81. The molecule has 1 saturated heterocycles. The van der Waals surface area contributed by atoms with Gasteiger partial charge in [0.15, 0.2) is 0 Å². The first kappa shape index (κ1) is 19.2. The van der Waals surface area contributed by atoms with Crippen LogP contribution in [0.5, 0.6) is 0 Å². The van der Waals surface area contributed by atoms with Gasteiger partial charge >= 0.3 is 6.03 Å². The summed E-state index contributed by atoms with van der Waals surface area (Å²) in [5.41, 5.74) is 1.36. The molecule has 1 aliphatic rings. The second-order valence-corrected chi connectivity index (χ2v) is 6.74. The third kappa shape index (κ3) is 7.11. The van der Waals surface area contributed by atoms with Crippen LogP contribution in [0.4, 0.5) is 16.2 Å². The number of carbonyl (C=O) groups is 2. The molecular formula is C18H28N4O3. The number of carbonyl (C=O) groups excluding carboxylic acids is 2. The fraction of sp³-hybridized carbons (Fsp3) is 0.556. The Labute approximate surface area is 149 Å². The van der Waals surface area contributed by atoms with Gasteiger partial charge in [-0.3, -0.25) is 9.69 Å². The molecule has 7 nitrogen and oxygen atoms in total. The molecule has 25 heavy (non-hydrogen) atoms. The van der Waals surface area contributed by atoms with Crippen molar-refractivity contribution in [1.29, 1.82) is 0 Å². The van der Waals surface area contributed by atoms with Gasteiger partial charge in [0.2, 0.25) is 5.91 Å². The molecule has 0 saturated carbocycles. The minimum Gasteiger partial charge on any atom is -0.374 e. The van der Waals surface area contributed by atoms with Gasteiger partial charge in [0.25, 0.3) is 0 Å². The highest BCUT2D eigenvalue weighted by Gasteiger charge is 2.21. The Hall–Kier alpha value is -2.12. The van der Waals surface area contributed by atoms with Crippen LogP contribution in [0.2, 0.25) is 0 Å². The molecule has 1 heterocycles. The molecule has 2 rings (SSSR count). The zero-order chi connectivity index (χ0) is 18.2. The van der Waals surface area contributed by atoms with Gasteiger partial charge in [-0.25, -0.2) is 4.79 Å². The monoisotopic (exact) mass is 348 g/mol. The van der Waals surface area contributed by atoms with Crippen LogP contribution in [0.15, 0.2) is 24.3 Å². The van der Waals surface area contributed by atoms with Gasteiger partial charge in [-0.1, -0.05) is 13.8 Å². The van der Waals surface area contributed by atoms with E-state index in [2.05, 4.69) is 34.7 Å². The number of rotatable bonds is 6. The molecule has 0 aliphatic carbocycles. The van der Waals surface area contributed by atoms with Crippen molar-refractivity contribution in [3.8, 4) is 0 Å². The average Bonchev–Trinajstić information content (AvgIpc) is 2.54. The zero-order valence-electron chi connectivity index (χ0n) is 15.2. The van der Waals surface area contributed by atoms with Crippen LogP contribution >= 0.6 is 0 Å². The first-order chi connectivity index (χ1) is 11.9. The highest BCUT2D eigenvalue weighted by Crippen LogP contribution is 2.13. The Balaban J connectivity index is 1.74. The first-order valence-corrected chi connectivity index (χ1v) is 8.69. The van der Waals surface area contributed by atoms with Crippen molar-refractivity contribution < 1.29 is 14.3 Å². The average molecular weight is 348 g/mol. The smallest absolute Gasteiger partial charge is 0.319 e. The quantitative estimate of drug-likeness (QED) is 0.735. The van der Waals surface area contributed by atoms with E-state index in [1.807, 2.05) is 0 Å². The number of hydrogen-bond acceptors (Lipinski definition) is 4. The van der Waals surface area contributed by atoms with E-state index in [1.54, 1.807) is 24.3 Å². The summed E-state index contributed by atoms with van der Waals surface area (Å²) in [6.45, 7) is 9.86. The molecule has 1 aromatic carbocycles. The van der Waals surface area contributed by atoms with E-state index in [1.165, 1.54) is 6.92 Å². The SMILES string of the molecule is CC(=O)Nc1ccc(NC(=O)NCC2CN(CC(C)C)CCO2)cc1. The van der Waals surface area contributed by atoms with Crippen LogP contribution in [0.3, 0.4) is 0 Å². The molecule has 1 aromatic rings. The molecule has 7 heteroatoms. The van der Waals surface area contributed by atoms with Crippen LogP contribution in [-0.2, 0) is 9.53 Å². The van der Waals surface area contributed by atoms with Crippen LogP contribution < -0.4 is 16.0 Å². The van der Waals surface area contributed by atoms with E-state index in [0.29, 0.717) is 30.4 Å². The summed E-state index contributed by atoms with van der Waals surface area (Å²) in [6, 6.07) is 6.70. The number of hydrogen-bond donors (Lipinski definition) is 3. The largest absolute Gasteiger partial charge is 0.374 e. The lowest BCUT2D eigenvalue weighted by molar-refractivity contribution is -0.114. The third-order valence-corrected chi connectivity index (χ3v) is 3.80. The van der Waals surface area contributed by atoms with Gasteiger partial charge in [0.05, 0.1) is 12.7 Å². The highest BCUT2D eigenvalue weighted by atomic mass is 16.5. The third-order valence-electron chi connectivity index (χ3n) is 3.80. The summed E-state index contributed by atoms with van der Waals surface area (Å²) in [7, 11) is 0. The number of ether oxygens (including phenoxy) is 1. The van der Waals surface area contributed by atoms with Crippen molar-refractivity contribution in [2.45, 2.75) is 26.9 Å². The first-order valence-electron chi connectivity index (χ1n) is 8.69. The maximum Gasteiger partial charge on any atom is 0.319 e. The minimum absolute atomic E-state index is 0.0143. The lowest BCUT2D eigenvalue weighted by atomic mass is 10.2. The van der Waals surface area contributed by atoms with Crippen LogP contribution in [0.1, 0.15) is 20.8 Å². The molecule has 0 aromatic heterocycles. The maximum absolute atomic E-state index is 12.0. The van der Waals surface area contributed by atoms with E-state index in [0.717, 1.165) is 19.6 Å². The Kier molecular flexibility index (Phi) is 7.21. The molecule has 0 radical (unpaired) electrons. The van der Waals surface area contributed by atoms with Crippen molar-refractivity contribution in [2.75, 3.05) is 43.4 Å². The second kappa shape index (κ2) is 9.39. The summed E-state index contributed by atoms with van der Waals surface area (Å²) in [5.74, 6) is 0.493. The molecule has 0 bridgehead atoms. The lowest BCUT2D eigenvalue weighted by Crippen LogP contribution is -2.48. The molecule has 1 fully saturated rings. The maximum atomic E-state index is 12.0. The molecule has 138 valence electrons. The van der Waals surface area contributed by atoms with Gasteiger partial charge < -0.3 is 20.7 Å². The lowest BCUT2D eigenvalue weighted by Gasteiger charge is -2.33. The van der Waals surface area contributed by atoms with Gasteiger partial charge in [-0.2, -0.15) is 0 Å².